The van der Waals surface area contributed by atoms with E-state index in [1.54, 1.807) is 25.0 Å². The number of aryl methyl sites for hydroxylation is 1. The highest BCUT2D eigenvalue weighted by Gasteiger charge is 2.30. The summed E-state index contributed by atoms with van der Waals surface area (Å²) in [4.78, 5) is 26.1. The van der Waals surface area contributed by atoms with Crippen molar-refractivity contribution in [3.63, 3.8) is 0 Å². The fourth-order valence-electron chi connectivity index (χ4n) is 3.51. The number of thioether (sulfide) groups is 1. The Morgan fingerprint density at radius 1 is 1.14 bits per heavy atom. The molecule has 0 spiro atoms. The summed E-state index contributed by atoms with van der Waals surface area (Å²) in [6.45, 7) is 2.94. The topological polar surface area (TPSA) is 65.1 Å². The van der Waals surface area contributed by atoms with E-state index in [0.717, 1.165) is 17.7 Å². The maximum absolute atomic E-state index is 12.7. The number of methoxy groups -OCH3 is 1. The second-order valence-corrected chi connectivity index (χ2v) is 9.19. The van der Waals surface area contributed by atoms with E-state index in [4.69, 9.17) is 14.2 Å². The molecule has 0 aromatic heterocycles. The molecule has 1 unspecified atom stereocenters. The van der Waals surface area contributed by atoms with Crippen LogP contribution < -0.4 is 9.47 Å². The summed E-state index contributed by atoms with van der Waals surface area (Å²) < 4.78 is 55.1. The van der Waals surface area contributed by atoms with Crippen LogP contribution in [0.2, 0.25) is 0 Å². The number of benzene rings is 2. The van der Waals surface area contributed by atoms with Gasteiger partial charge in [0.15, 0.2) is 11.5 Å². The SMILES string of the molecule is COc1cc(CCC(C)=O)ccc1OCC1CN(C(=O)CSc2ccc(C(F)(F)F)cc2)CCO1. The third-order valence-corrected chi connectivity index (χ3v) is 6.45. The summed E-state index contributed by atoms with van der Waals surface area (Å²) >= 11 is 1.20. The van der Waals surface area contributed by atoms with Crippen LogP contribution in [0.15, 0.2) is 47.4 Å². The summed E-state index contributed by atoms with van der Waals surface area (Å²) in [5, 5.41) is 0. The van der Waals surface area contributed by atoms with Gasteiger partial charge in [-0.3, -0.25) is 4.79 Å². The second-order valence-electron chi connectivity index (χ2n) is 8.14. The molecule has 0 aliphatic carbocycles. The molecule has 0 saturated carbocycles. The Hall–Kier alpha value is -2.72. The Balaban J connectivity index is 1.49. The van der Waals surface area contributed by atoms with Gasteiger partial charge in [-0.05, 0) is 55.3 Å². The number of carbonyl (C=O) groups excluding carboxylic acids is 2. The minimum absolute atomic E-state index is 0.115. The molecule has 1 atom stereocenters. The van der Waals surface area contributed by atoms with E-state index >= 15 is 0 Å². The molecule has 0 N–H and O–H groups in total. The molecule has 1 saturated heterocycles. The number of hydrogen-bond donors (Lipinski definition) is 0. The number of nitrogens with zero attached hydrogens (tertiary/aromatic N) is 1. The number of amides is 1. The lowest BCUT2D eigenvalue weighted by atomic mass is 10.1. The number of ether oxygens (including phenoxy) is 3. The third-order valence-electron chi connectivity index (χ3n) is 5.45. The van der Waals surface area contributed by atoms with E-state index in [9.17, 15) is 22.8 Å². The molecule has 190 valence electrons. The van der Waals surface area contributed by atoms with E-state index in [2.05, 4.69) is 0 Å². The van der Waals surface area contributed by atoms with E-state index in [1.165, 1.54) is 23.9 Å². The van der Waals surface area contributed by atoms with Gasteiger partial charge in [-0.25, -0.2) is 0 Å². The van der Waals surface area contributed by atoms with Crippen LogP contribution in [0.5, 0.6) is 11.5 Å². The molecule has 2 aromatic carbocycles. The minimum Gasteiger partial charge on any atom is -0.493 e. The van der Waals surface area contributed by atoms with Crippen LogP contribution in [0.25, 0.3) is 0 Å². The van der Waals surface area contributed by atoms with Crippen LogP contribution in [0.1, 0.15) is 24.5 Å². The van der Waals surface area contributed by atoms with Gasteiger partial charge in [0, 0.05) is 17.9 Å². The maximum Gasteiger partial charge on any atom is 0.416 e. The summed E-state index contributed by atoms with van der Waals surface area (Å²) in [7, 11) is 1.54. The molecule has 0 radical (unpaired) electrons. The normalized spacial score (nSPS) is 16.1. The van der Waals surface area contributed by atoms with Crippen LogP contribution in [-0.2, 0) is 26.9 Å². The van der Waals surface area contributed by atoms with Gasteiger partial charge in [-0.15, -0.1) is 11.8 Å². The van der Waals surface area contributed by atoms with E-state index in [0.29, 0.717) is 48.9 Å². The van der Waals surface area contributed by atoms with Crippen molar-refractivity contribution in [3.8, 4) is 11.5 Å². The predicted octanol–water partition coefficient (Wildman–Crippen LogP) is 4.63. The van der Waals surface area contributed by atoms with Crippen LogP contribution in [0.3, 0.4) is 0 Å². The van der Waals surface area contributed by atoms with Crippen molar-refractivity contribution >= 4 is 23.5 Å². The highest BCUT2D eigenvalue weighted by molar-refractivity contribution is 8.00. The molecule has 1 fully saturated rings. The molecule has 6 nitrogen and oxygen atoms in total. The molecular weight excluding hydrogens is 483 g/mol. The molecule has 1 amide bonds. The first kappa shape index (κ1) is 26.9. The summed E-state index contributed by atoms with van der Waals surface area (Å²) in [5.41, 5.74) is 0.257. The number of morpholine rings is 1. The first-order valence-corrected chi connectivity index (χ1v) is 12.1. The van der Waals surface area contributed by atoms with Gasteiger partial charge in [-0.1, -0.05) is 6.07 Å². The van der Waals surface area contributed by atoms with Gasteiger partial charge in [0.25, 0.3) is 0 Å². The molecular formula is C25H28F3NO5S. The molecule has 3 rings (SSSR count). The van der Waals surface area contributed by atoms with Gasteiger partial charge < -0.3 is 23.9 Å². The van der Waals surface area contributed by atoms with Gasteiger partial charge >= 0.3 is 6.18 Å². The van der Waals surface area contributed by atoms with Gasteiger partial charge in [-0.2, -0.15) is 13.2 Å². The van der Waals surface area contributed by atoms with Gasteiger partial charge in [0.2, 0.25) is 5.91 Å². The Bertz CT molecular complexity index is 1010. The minimum atomic E-state index is -4.38. The number of ketones is 1. The molecule has 35 heavy (non-hydrogen) atoms. The highest BCUT2D eigenvalue weighted by atomic mass is 32.2. The molecule has 0 bridgehead atoms. The number of carbonyl (C=O) groups is 2. The van der Waals surface area contributed by atoms with Crippen LogP contribution in [-0.4, -0.2) is 61.9 Å². The average molecular weight is 512 g/mol. The standard InChI is InChI=1S/C25H28F3NO5S/c1-17(30)3-4-18-5-10-22(23(13-18)32-2)34-15-20-14-29(11-12-33-20)24(31)16-35-21-8-6-19(7-9-21)25(26,27)28/h5-10,13,20H,3-4,11-12,14-16H2,1-2H3. The molecule has 1 aliphatic rings. The zero-order chi connectivity index (χ0) is 25.4. The van der Waals surface area contributed by atoms with Crippen molar-refractivity contribution in [2.24, 2.45) is 0 Å². The summed E-state index contributed by atoms with van der Waals surface area (Å²) in [5.74, 6) is 1.23. The van der Waals surface area contributed by atoms with E-state index < -0.39 is 11.7 Å². The number of halogens is 3. The Morgan fingerprint density at radius 3 is 2.54 bits per heavy atom. The summed E-state index contributed by atoms with van der Waals surface area (Å²) in [6.07, 6.45) is -3.63. The zero-order valence-electron chi connectivity index (χ0n) is 19.6. The fraction of sp³-hybridized carbons (Fsp3) is 0.440. The number of alkyl halides is 3. The summed E-state index contributed by atoms with van der Waals surface area (Å²) in [6, 6.07) is 10.3. The first-order chi connectivity index (χ1) is 16.7. The van der Waals surface area contributed by atoms with Gasteiger partial charge in [0.05, 0.1) is 31.6 Å². The molecule has 1 aliphatic heterocycles. The van der Waals surface area contributed by atoms with Crippen molar-refractivity contribution < 1.29 is 37.0 Å². The first-order valence-electron chi connectivity index (χ1n) is 11.1. The average Bonchev–Trinajstić information content (AvgIpc) is 2.84. The van der Waals surface area contributed by atoms with Crippen LogP contribution in [0, 0.1) is 0 Å². The Labute approximate surface area is 206 Å². The number of Topliss-reactive ketones (excluding diaryl/α,β-unsaturated/α-hetero) is 1. The third kappa shape index (κ3) is 8.17. The van der Waals surface area contributed by atoms with Crippen LogP contribution in [0.4, 0.5) is 13.2 Å². The van der Waals surface area contributed by atoms with Crippen molar-refractivity contribution in [1.82, 2.24) is 4.90 Å². The monoisotopic (exact) mass is 511 g/mol. The van der Waals surface area contributed by atoms with Crippen molar-refractivity contribution in [2.45, 2.75) is 36.9 Å². The molecule has 2 aromatic rings. The van der Waals surface area contributed by atoms with Crippen molar-refractivity contribution in [3.05, 3.63) is 53.6 Å². The Kier molecular flexibility index (Phi) is 9.45. The molecule has 10 heteroatoms. The highest BCUT2D eigenvalue weighted by Crippen LogP contribution is 2.31. The smallest absolute Gasteiger partial charge is 0.416 e. The number of hydrogen-bond acceptors (Lipinski definition) is 6. The fourth-order valence-corrected chi connectivity index (χ4v) is 4.31. The van der Waals surface area contributed by atoms with E-state index in [-0.39, 0.29) is 30.2 Å². The van der Waals surface area contributed by atoms with E-state index in [1.807, 2.05) is 12.1 Å². The lowest BCUT2D eigenvalue weighted by Gasteiger charge is -2.33. The second kappa shape index (κ2) is 12.3. The lowest BCUT2D eigenvalue weighted by molar-refractivity contribution is -0.138. The van der Waals surface area contributed by atoms with Crippen LogP contribution >= 0.6 is 11.8 Å². The Morgan fingerprint density at radius 2 is 1.89 bits per heavy atom. The number of rotatable bonds is 10. The quantitative estimate of drug-likeness (QED) is 0.434. The van der Waals surface area contributed by atoms with Crippen molar-refractivity contribution in [2.75, 3.05) is 39.2 Å². The van der Waals surface area contributed by atoms with Crippen molar-refractivity contribution in [1.29, 1.82) is 0 Å². The van der Waals surface area contributed by atoms with Gasteiger partial charge in [0.1, 0.15) is 18.5 Å². The largest absolute Gasteiger partial charge is 0.493 e. The predicted molar refractivity (Wildman–Crippen MR) is 126 cm³/mol. The lowest BCUT2D eigenvalue weighted by Crippen LogP contribution is -2.48. The zero-order valence-corrected chi connectivity index (χ0v) is 20.4. The molecule has 1 heterocycles. The maximum atomic E-state index is 12.7.